The first-order chi connectivity index (χ1) is 22.0. The van der Waals surface area contributed by atoms with Crippen LogP contribution in [0, 0.1) is 5.82 Å². The number of aliphatic hydroxyl groups excluding tert-OH is 2. The van der Waals surface area contributed by atoms with Crippen molar-refractivity contribution in [3.05, 3.63) is 107 Å². The molecule has 1 heterocycles. The number of carbonyl (C=O) groups is 3. The van der Waals surface area contributed by atoms with E-state index in [1.54, 1.807) is 36.4 Å². The SMILES string of the molecule is COC(=O)c1cccc(CNC(=O)c2c(-c3ccccc3)c(-c3ccc(F)cc3)c(CC[C@@H](O)C[C@@H](O)CC(=O)O)n2C(C)C)c1. The summed E-state index contributed by atoms with van der Waals surface area (Å²) in [7, 11) is 1.30. The van der Waals surface area contributed by atoms with Gasteiger partial charge in [0, 0.05) is 29.4 Å². The summed E-state index contributed by atoms with van der Waals surface area (Å²) in [5.74, 6) is -2.43. The van der Waals surface area contributed by atoms with Gasteiger partial charge < -0.3 is 29.9 Å². The Kier molecular flexibility index (Phi) is 11.5. The van der Waals surface area contributed by atoms with Crippen LogP contribution in [0.2, 0.25) is 0 Å². The number of halogens is 1. The molecule has 9 nitrogen and oxygen atoms in total. The number of amides is 1. The molecule has 46 heavy (non-hydrogen) atoms. The van der Waals surface area contributed by atoms with Gasteiger partial charge in [-0.3, -0.25) is 9.59 Å². The van der Waals surface area contributed by atoms with Gasteiger partial charge in [-0.15, -0.1) is 0 Å². The summed E-state index contributed by atoms with van der Waals surface area (Å²) in [6.45, 7) is 4.01. The molecule has 0 aliphatic heterocycles. The van der Waals surface area contributed by atoms with Gasteiger partial charge in [-0.05, 0) is 74.1 Å². The minimum absolute atomic E-state index is 0.121. The number of esters is 1. The van der Waals surface area contributed by atoms with Crippen LogP contribution in [0.1, 0.15) is 71.3 Å². The van der Waals surface area contributed by atoms with Gasteiger partial charge in [0.05, 0.1) is 31.3 Å². The van der Waals surface area contributed by atoms with Crippen molar-refractivity contribution in [3.63, 3.8) is 0 Å². The lowest BCUT2D eigenvalue weighted by Gasteiger charge is -2.20. The van der Waals surface area contributed by atoms with Crippen molar-refractivity contribution in [1.82, 2.24) is 9.88 Å². The zero-order valence-corrected chi connectivity index (χ0v) is 26.1. The second-order valence-electron chi connectivity index (χ2n) is 11.4. The Balaban J connectivity index is 1.83. The third kappa shape index (κ3) is 8.26. The van der Waals surface area contributed by atoms with Gasteiger partial charge in [0.2, 0.25) is 0 Å². The molecule has 0 fully saturated rings. The minimum Gasteiger partial charge on any atom is -0.481 e. The lowest BCUT2D eigenvalue weighted by Crippen LogP contribution is -2.27. The Morgan fingerprint density at radius 2 is 1.57 bits per heavy atom. The number of aromatic nitrogens is 1. The minimum atomic E-state index is -1.21. The van der Waals surface area contributed by atoms with E-state index < -0.39 is 36.4 Å². The highest BCUT2D eigenvalue weighted by molar-refractivity contribution is 6.05. The predicted octanol–water partition coefficient (Wildman–Crippen LogP) is 5.78. The van der Waals surface area contributed by atoms with E-state index in [1.807, 2.05) is 48.7 Å². The Morgan fingerprint density at radius 1 is 0.891 bits per heavy atom. The summed E-state index contributed by atoms with van der Waals surface area (Å²) < 4.78 is 20.8. The average molecular weight is 631 g/mol. The number of nitrogens with one attached hydrogen (secondary N) is 1. The van der Waals surface area contributed by atoms with Gasteiger partial charge >= 0.3 is 11.9 Å². The molecule has 0 spiro atoms. The van der Waals surface area contributed by atoms with Crippen LogP contribution in [0.25, 0.3) is 22.3 Å². The molecule has 4 aromatic rings. The van der Waals surface area contributed by atoms with Gasteiger partial charge in [0.1, 0.15) is 11.5 Å². The number of methoxy groups -OCH3 is 1. The molecule has 10 heteroatoms. The maximum Gasteiger partial charge on any atom is 0.337 e. The Labute approximate surface area is 267 Å². The lowest BCUT2D eigenvalue weighted by atomic mass is 9.92. The molecule has 1 aromatic heterocycles. The number of hydrogen-bond donors (Lipinski definition) is 4. The van der Waals surface area contributed by atoms with Crippen molar-refractivity contribution in [1.29, 1.82) is 0 Å². The number of carbonyl (C=O) groups excluding carboxylic acids is 2. The van der Waals surface area contributed by atoms with E-state index in [0.717, 1.165) is 11.3 Å². The first-order valence-electron chi connectivity index (χ1n) is 15.1. The Morgan fingerprint density at radius 3 is 2.20 bits per heavy atom. The molecule has 242 valence electrons. The molecule has 0 unspecified atom stereocenters. The quantitative estimate of drug-likeness (QED) is 0.130. The molecule has 0 saturated heterocycles. The van der Waals surface area contributed by atoms with Crippen LogP contribution in [0.5, 0.6) is 0 Å². The summed E-state index contributed by atoms with van der Waals surface area (Å²) in [6.07, 6.45) is -2.36. The molecule has 0 radical (unpaired) electrons. The van der Waals surface area contributed by atoms with Crippen LogP contribution in [-0.4, -0.2) is 57.1 Å². The maximum absolute atomic E-state index is 14.2. The van der Waals surface area contributed by atoms with Crippen LogP contribution in [0.4, 0.5) is 4.39 Å². The van der Waals surface area contributed by atoms with Crippen molar-refractivity contribution >= 4 is 17.8 Å². The van der Waals surface area contributed by atoms with E-state index in [9.17, 15) is 29.0 Å². The monoisotopic (exact) mass is 630 g/mol. The summed E-state index contributed by atoms with van der Waals surface area (Å²) in [5, 5.41) is 32.9. The van der Waals surface area contributed by atoms with E-state index in [2.05, 4.69) is 5.32 Å². The zero-order valence-electron chi connectivity index (χ0n) is 26.1. The second-order valence-corrected chi connectivity index (χ2v) is 11.4. The van der Waals surface area contributed by atoms with E-state index in [0.29, 0.717) is 33.5 Å². The van der Waals surface area contributed by atoms with Crippen molar-refractivity contribution in [2.75, 3.05) is 7.11 Å². The normalized spacial score (nSPS) is 12.5. The first-order valence-corrected chi connectivity index (χ1v) is 15.1. The van der Waals surface area contributed by atoms with Crippen molar-refractivity contribution in [2.45, 2.75) is 64.3 Å². The largest absolute Gasteiger partial charge is 0.481 e. The molecule has 1 amide bonds. The fraction of sp³-hybridized carbons (Fsp3) is 0.306. The predicted molar refractivity (Wildman–Crippen MR) is 172 cm³/mol. The van der Waals surface area contributed by atoms with Gasteiger partial charge in [-0.2, -0.15) is 0 Å². The maximum atomic E-state index is 14.2. The number of aliphatic carboxylic acids is 1. The number of carboxylic acids is 1. The third-order valence-corrected chi connectivity index (χ3v) is 7.70. The van der Waals surface area contributed by atoms with E-state index >= 15 is 0 Å². The molecule has 0 saturated carbocycles. The second kappa shape index (κ2) is 15.5. The molecule has 3 aromatic carbocycles. The van der Waals surface area contributed by atoms with E-state index in [1.165, 1.54) is 19.2 Å². The zero-order chi connectivity index (χ0) is 33.4. The summed E-state index contributed by atoms with van der Waals surface area (Å²) in [5.41, 5.74) is 4.94. The topological polar surface area (TPSA) is 138 Å². The molecule has 4 N–H and O–H groups in total. The van der Waals surface area contributed by atoms with Gasteiger partial charge in [-0.25, -0.2) is 9.18 Å². The van der Waals surface area contributed by atoms with Crippen LogP contribution in [0.15, 0.2) is 78.9 Å². The van der Waals surface area contributed by atoms with Crippen LogP contribution in [0.3, 0.4) is 0 Å². The summed E-state index contributed by atoms with van der Waals surface area (Å²) in [6, 6.07) is 22.0. The smallest absolute Gasteiger partial charge is 0.337 e. The molecule has 4 rings (SSSR count). The van der Waals surface area contributed by atoms with Crippen molar-refractivity contribution < 1.29 is 38.8 Å². The summed E-state index contributed by atoms with van der Waals surface area (Å²) >= 11 is 0. The fourth-order valence-corrected chi connectivity index (χ4v) is 5.70. The number of aliphatic hydroxyl groups is 2. The standard InChI is InChI=1S/C36H39FN2O7/c1-22(2)39-30(17-16-28(40)19-29(41)20-31(42)43)32(25-12-14-27(37)15-13-25)33(24-9-5-4-6-10-24)34(39)35(44)38-21-23-8-7-11-26(18-23)36(45)46-3/h4-15,18,22,28-29,40-41H,16-17,19-21H2,1-3H3,(H,38,44)(H,42,43)/t28-,29-/m1/s1. The van der Waals surface area contributed by atoms with E-state index in [-0.39, 0.29) is 37.8 Å². The molecular weight excluding hydrogens is 591 g/mol. The molecule has 0 aliphatic carbocycles. The highest BCUT2D eigenvalue weighted by Crippen LogP contribution is 2.42. The molecular formula is C36H39FN2O7. The number of rotatable bonds is 14. The van der Waals surface area contributed by atoms with Gasteiger partial charge in [0.15, 0.2) is 0 Å². The highest BCUT2D eigenvalue weighted by atomic mass is 19.1. The lowest BCUT2D eigenvalue weighted by molar-refractivity contribution is -0.139. The molecule has 2 atom stereocenters. The number of nitrogens with zero attached hydrogens (tertiary/aromatic N) is 1. The van der Waals surface area contributed by atoms with Gasteiger partial charge in [-0.1, -0.05) is 54.6 Å². The third-order valence-electron chi connectivity index (χ3n) is 7.70. The summed E-state index contributed by atoms with van der Waals surface area (Å²) in [4.78, 5) is 37.3. The molecule has 0 bridgehead atoms. The van der Waals surface area contributed by atoms with Crippen LogP contribution < -0.4 is 5.32 Å². The Hall–Kier alpha value is -4.80. The van der Waals surface area contributed by atoms with Crippen LogP contribution in [-0.2, 0) is 22.5 Å². The Bertz CT molecular complexity index is 1670. The van der Waals surface area contributed by atoms with E-state index in [4.69, 9.17) is 9.84 Å². The van der Waals surface area contributed by atoms with Gasteiger partial charge in [0.25, 0.3) is 5.91 Å². The first kappa shape index (κ1) is 34.1. The van der Waals surface area contributed by atoms with Crippen LogP contribution >= 0.6 is 0 Å². The molecule has 0 aliphatic rings. The number of carboxylic acid groups (broad SMARTS) is 1. The number of hydrogen-bond acceptors (Lipinski definition) is 6. The van der Waals surface area contributed by atoms with Crippen molar-refractivity contribution in [3.8, 4) is 22.3 Å². The number of benzene rings is 3. The fourth-order valence-electron chi connectivity index (χ4n) is 5.70. The number of ether oxygens (including phenoxy) is 1. The van der Waals surface area contributed by atoms with Crippen molar-refractivity contribution in [2.24, 2.45) is 0 Å². The highest BCUT2D eigenvalue weighted by Gasteiger charge is 2.30. The average Bonchev–Trinajstić information content (AvgIpc) is 3.38.